The smallest absolute Gasteiger partial charge is 0.335 e. The summed E-state index contributed by atoms with van der Waals surface area (Å²) in [7, 11) is -4.72. The van der Waals surface area contributed by atoms with Crippen LogP contribution in [-0.2, 0) is 38.4 Å². The second kappa shape index (κ2) is 17.6. The number of β-lactam (4-membered cyclic amide) rings is 1. The van der Waals surface area contributed by atoms with E-state index in [2.05, 4.69) is 0 Å². The quantitative estimate of drug-likeness (QED) is 0.0798. The zero-order chi connectivity index (χ0) is 44.8. The molecule has 0 radical (unpaired) electrons. The number of aromatic hydroxyl groups is 1. The van der Waals surface area contributed by atoms with E-state index in [1.165, 1.54) is 36.4 Å². The molecule has 21 heteroatoms. The number of carboxylic acids is 2. The van der Waals surface area contributed by atoms with Crippen molar-refractivity contribution in [1.29, 1.82) is 0 Å². The third-order valence-corrected chi connectivity index (χ3v) is 12.8. The fraction of sp³-hybridized carbons (Fsp3) is 0.341. The molecule has 3 fully saturated rings. The zero-order valence-electron chi connectivity index (χ0n) is 31.9. The minimum absolute atomic E-state index is 0.0139. The molecule has 62 heavy (non-hydrogen) atoms. The van der Waals surface area contributed by atoms with Crippen molar-refractivity contribution >= 4 is 33.4 Å². The Bertz CT molecular complexity index is 2410. The van der Waals surface area contributed by atoms with Gasteiger partial charge >= 0.3 is 11.9 Å². The number of aliphatic carboxylic acids is 2. The van der Waals surface area contributed by atoms with Crippen LogP contribution in [0, 0.1) is 5.82 Å². The van der Waals surface area contributed by atoms with Crippen molar-refractivity contribution in [3.05, 3.63) is 114 Å². The Morgan fingerprint density at radius 1 is 0.710 bits per heavy atom. The van der Waals surface area contributed by atoms with Crippen molar-refractivity contribution < 1.29 is 92.1 Å². The van der Waals surface area contributed by atoms with Crippen molar-refractivity contribution in [3.63, 3.8) is 0 Å². The van der Waals surface area contributed by atoms with Crippen LogP contribution in [0.5, 0.6) is 11.5 Å². The van der Waals surface area contributed by atoms with Crippen LogP contribution >= 0.6 is 0 Å². The summed E-state index contributed by atoms with van der Waals surface area (Å²) in [6, 6.07) is 20.9. The summed E-state index contributed by atoms with van der Waals surface area (Å²) >= 11 is 0. The molecule has 7 rings (SSSR count). The summed E-state index contributed by atoms with van der Waals surface area (Å²) in [5, 5.41) is 90.4. The number of rotatable bonds is 13. The number of phenolic OH excluding ortho intramolecular Hbond substituents is 1. The number of phenols is 1. The first-order valence-corrected chi connectivity index (χ1v) is 20.5. The highest BCUT2D eigenvalue weighted by molar-refractivity contribution is 7.93. The maximum absolute atomic E-state index is 14.5. The number of sulfone groups is 1. The van der Waals surface area contributed by atoms with Crippen LogP contribution in [0.1, 0.15) is 23.3 Å². The van der Waals surface area contributed by atoms with Crippen LogP contribution in [-0.4, -0.2) is 145 Å². The molecule has 3 heterocycles. The molecule has 3 aliphatic heterocycles. The Morgan fingerprint density at radius 2 is 1.29 bits per heavy atom. The first kappa shape index (κ1) is 44.5. The Labute approximate surface area is 350 Å². The van der Waals surface area contributed by atoms with E-state index in [0.29, 0.717) is 11.1 Å². The number of carboxylic acid groups (broad SMARTS) is 2. The maximum atomic E-state index is 14.5. The summed E-state index contributed by atoms with van der Waals surface area (Å²) in [6.45, 7) is 0. The van der Waals surface area contributed by atoms with E-state index in [1.54, 1.807) is 36.4 Å². The molecule has 19 nitrogen and oxygen atoms in total. The second-order valence-electron chi connectivity index (χ2n) is 14.8. The molecule has 6 unspecified atom stereocenters. The predicted molar refractivity (Wildman–Crippen MR) is 207 cm³/mol. The zero-order valence-corrected chi connectivity index (χ0v) is 32.7. The maximum Gasteiger partial charge on any atom is 0.335 e. The van der Waals surface area contributed by atoms with Gasteiger partial charge < -0.3 is 69.8 Å². The van der Waals surface area contributed by atoms with Crippen LogP contribution in [0.3, 0.4) is 0 Å². The second-order valence-corrected chi connectivity index (χ2v) is 17.0. The molecule has 0 bridgehead atoms. The monoisotopic (exact) mass is 885 g/mol. The number of carbonyl (C=O) groups excluding carboxylic acids is 1. The topological polar surface area (TPSA) is 308 Å². The molecule has 330 valence electrons. The minimum Gasteiger partial charge on any atom is -0.508 e. The number of aliphatic hydroxyl groups is 6. The SMILES string of the molecule is O=C(O)C1O[C@@H](Oc2cccc(-c3ccc([C@@H]4[C@@H](S(=O)(=O)C[C@H](O[C@@H]5OC(C(=O)O)[C@H](O)[C@H](O)C5O)c5ccc(F)cc5)C(=O)N4c4ccccc4)c(O)c3)c2)C(O)C(O)C1O. The summed E-state index contributed by atoms with van der Waals surface area (Å²) in [5.74, 6) is -6.45. The highest BCUT2D eigenvalue weighted by Crippen LogP contribution is 2.47. The molecule has 3 saturated heterocycles. The Hall–Kier alpha value is -5.59. The van der Waals surface area contributed by atoms with Crippen LogP contribution in [0.4, 0.5) is 10.1 Å². The average Bonchev–Trinajstić information content (AvgIpc) is 3.23. The highest BCUT2D eigenvalue weighted by atomic mass is 32.2. The van der Waals surface area contributed by atoms with Crippen molar-refractivity contribution in [2.24, 2.45) is 0 Å². The summed E-state index contributed by atoms with van der Waals surface area (Å²) in [6.07, 6.45) is -21.4. The van der Waals surface area contributed by atoms with Gasteiger partial charge in [0.1, 0.15) is 53.9 Å². The number of halogens is 1. The van der Waals surface area contributed by atoms with Crippen LogP contribution in [0.25, 0.3) is 11.1 Å². The van der Waals surface area contributed by atoms with Gasteiger partial charge in [-0.1, -0.05) is 54.6 Å². The van der Waals surface area contributed by atoms with E-state index in [-0.39, 0.29) is 22.6 Å². The molecule has 13 atom stereocenters. The van der Waals surface area contributed by atoms with Crippen molar-refractivity contribution in [3.8, 4) is 22.6 Å². The van der Waals surface area contributed by atoms with E-state index in [9.17, 15) is 73.2 Å². The van der Waals surface area contributed by atoms with Gasteiger partial charge in [0.25, 0.3) is 0 Å². The standard InChI is InChI=1S/C41H40FNO18S/c42-21-12-9-18(10-13-21)26(59-41-33(50)29(46)31(48)35(61-41)39(54)55)17-62(56,57)36-27(43(37(36)51)22-6-2-1-3-7-22)24-14-11-20(16-25(24)44)19-5-4-8-23(15-19)58-40-32(49)28(45)30(47)34(60-40)38(52)53/h1-16,26-36,40-41,44-50H,17H2,(H,52,53)(H,54,55)/t26-,27+,28?,29-,30?,31+,32?,33?,34?,35?,36+,40+,41+/m0/s1. The molecular weight excluding hydrogens is 846 g/mol. The van der Waals surface area contributed by atoms with E-state index in [4.69, 9.17) is 18.9 Å². The summed E-state index contributed by atoms with van der Waals surface area (Å²) < 4.78 is 64.9. The number of aliphatic hydroxyl groups excluding tert-OH is 6. The first-order valence-electron chi connectivity index (χ1n) is 18.8. The molecule has 4 aromatic carbocycles. The number of hydrogen-bond donors (Lipinski definition) is 9. The van der Waals surface area contributed by atoms with Gasteiger partial charge in [-0.25, -0.2) is 22.4 Å². The predicted octanol–water partition coefficient (Wildman–Crippen LogP) is -0.00930. The van der Waals surface area contributed by atoms with Crippen molar-refractivity contribution in [2.75, 3.05) is 10.7 Å². The van der Waals surface area contributed by atoms with Gasteiger partial charge in [-0.2, -0.15) is 0 Å². The summed E-state index contributed by atoms with van der Waals surface area (Å²) in [4.78, 5) is 38.5. The van der Waals surface area contributed by atoms with Gasteiger partial charge in [0.15, 0.2) is 33.6 Å². The van der Waals surface area contributed by atoms with Gasteiger partial charge in [-0.3, -0.25) is 4.79 Å². The van der Waals surface area contributed by atoms with Crippen LogP contribution in [0.2, 0.25) is 0 Å². The number of amides is 1. The number of anilines is 1. The Morgan fingerprint density at radius 3 is 1.89 bits per heavy atom. The number of para-hydroxylation sites is 1. The van der Waals surface area contributed by atoms with Gasteiger partial charge in [-0.05, 0) is 59.2 Å². The fourth-order valence-electron chi connectivity index (χ4n) is 7.53. The molecule has 1 amide bonds. The number of hydrogen-bond acceptors (Lipinski definition) is 16. The number of benzene rings is 4. The van der Waals surface area contributed by atoms with Crippen molar-refractivity contribution in [2.45, 2.75) is 78.8 Å². The van der Waals surface area contributed by atoms with E-state index < -0.39 is 124 Å². The summed E-state index contributed by atoms with van der Waals surface area (Å²) in [5.41, 5.74) is 0.957. The lowest BCUT2D eigenvalue weighted by molar-refractivity contribution is -0.303. The lowest BCUT2D eigenvalue weighted by Gasteiger charge is -2.47. The van der Waals surface area contributed by atoms with E-state index in [0.717, 1.165) is 29.2 Å². The molecule has 0 aromatic heterocycles. The van der Waals surface area contributed by atoms with E-state index in [1.807, 2.05) is 0 Å². The third-order valence-electron chi connectivity index (χ3n) is 10.8. The van der Waals surface area contributed by atoms with Crippen LogP contribution in [0.15, 0.2) is 97.1 Å². The molecule has 3 aliphatic rings. The largest absolute Gasteiger partial charge is 0.508 e. The number of ether oxygens (including phenoxy) is 4. The number of nitrogens with zero attached hydrogens (tertiary/aromatic N) is 1. The third kappa shape index (κ3) is 8.59. The van der Waals surface area contributed by atoms with Gasteiger partial charge in [-0.15, -0.1) is 0 Å². The minimum atomic E-state index is -4.72. The number of carbonyl (C=O) groups is 3. The Balaban J connectivity index is 1.19. The molecule has 9 N–H and O–H groups in total. The average molecular weight is 886 g/mol. The lowest BCUT2D eigenvalue weighted by atomic mass is 9.90. The van der Waals surface area contributed by atoms with Gasteiger partial charge in [0.2, 0.25) is 12.2 Å². The first-order chi connectivity index (χ1) is 29.4. The molecule has 0 spiro atoms. The van der Waals surface area contributed by atoms with Gasteiger partial charge in [0, 0.05) is 11.3 Å². The van der Waals surface area contributed by atoms with Crippen molar-refractivity contribution in [1.82, 2.24) is 0 Å². The lowest BCUT2D eigenvalue weighted by Crippen LogP contribution is -2.63. The fourth-order valence-corrected chi connectivity index (χ4v) is 9.51. The van der Waals surface area contributed by atoms with E-state index >= 15 is 0 Å². The van der Waals surface area contributed by atoms with Gasteiger partial charge in [0.05, 0.1) is 17.9 Å². The molecular formula is C41H40FNO18S. The molecule has 0 aliphatic carbocycles. The Kier molecular flexibility index (Phi) is 12.7. The normalized spacial score (nSPS) is 30.6. The molecule has 4 aromatic rings. The highest BCUT2D eigenvalue weighted by Gasteiger charge is 2.57. The van der Waals surface area contributed by atoms with Crippen LogP contribution < -0.4 is 9.64 Å². The molecule has 0 saturated carbocycles.